The molecule has 1 fully saturated rings. The fraction of sp³-hybridized carbons (Fsp3) is 0.409. The van der Waals surface area contributed by atoms with Gasteiger partial charge in [-0.1, -0.05) is 32.0 Å². The fourth-order valence-electron chi connectivity index (χ4n) is 3.33. The van der Waals surface area contributed by atoms with Gasteiger partial charge in [-0.3, -0.25) is 9.59 Å². The Morgan fingerprint density at radius 1 is 0.964 bits per heavy atom. The average Bonchev–Trinajstić information content (AvgIpc) is 2.74. The predicted octanol–water partition coefficient (Wildman–Crippen LogP) is 2.67. The number of amides is 2. The number of rotatable bonds is 5. The van der Waals surface area contributed by atoms with E-state index in [0.29, 0.717) is 24.6 Å². The van der Waals surface area contributed by atoms with Crippen molar-refractivity contribution in [1.29, 1.82) is 0 Å². The lowest BCUT2D eigenvalue weighted by atomic mass is 10.0. The predicted molar refractivity (Wildman–Crippen MR) is 110 cm³/mol. The number of hydrogen-bond acceptors (Lipinski definition) is 4. The van der Waals surface area contributed by atoms with Crippen LogP contribution in [0.4, 0.5) is 5.82 Å². The highest BCUT2D eigenvalue weighted by molar-refractivity contribution is 5.97. The van der Waals surface area contributed by atoms with E-state index in [-0.39, 0.29) is 11.8 Å². The van der Waals surface area contributed by atoms with E-state index in [1.54, 1.807) is 13.1 Å². The third kappa shape index (κ3) is 4.68. The summed E-state index contributed by atoms with van der Waals surface area (Å²) in [5.41, 5.74) is 1.76. The van der Waals surface area contributed by atoms with Gasteiger partial charge in [-0.25, -0.2) is 4.98 Å². The maximum Gasteiger partial charge on any atom is 0.251 e. The van der Waals surface area contributed by atoms with Crippen molar-refractivity contribution in [3.8, 4) is 0 Å². The Morgan fingerprint density at radius 2 is 1.64 bits per heavy atom. The standard InChI is InChI=1S/C22H28N4O2/c1-16(2)18-7-9-19(10-8-18)21(27)24-17(3)22(28)26-14-12-25(13-15-26)20-6-4-5-11-23-20/h4-11,16-17H,12-15H2,1-3H3,(H,24,27). The van der Waals surface area contributed by atoms with Gasteiger partial charge in [0.1, 0.15) is 11.9 Å². The first-order valence-corrected chi connectivity index (χ1v) is 9.81. The summed E-state index contributed by atoms with van der Waals surface area (Å²) < 4.78 is 0. The molecule has 6 heteroatoms. The molecule has 6 nitrogen and oxygen atoms in total. The monoisotopic (exact) mass is 380 g/mol. The molecule has 2 amide bonds. The molecule has 0 saturated carbocycles. The molecule has 1 aliphatic rings. The topological polar surface area (TPSA) is 65.5 Å². The van der Waals surface area contributed by atoms with Crippen LogP contribution in [-0.4, -0.2) is 53.9 Å². The van der Waals surface area contributed by atoms with Crippen LogP contribution >= 0.6 is 0 Å². The number of aromatic nitrogens is 1. The van der Waals surface area contributed by atoms with Crippen LogP contribution in [-0.2, 0) is 4.79 Å². The van der Waals surface area contributed by atoms with Gasteiger partial charge in [0, 0.05) is 37.9 Å². The molecule has 2 heterocycles. The summed E-state index contributed by atoms with van der Waals surface area (Å²) in [7, 11) is 0. The van der Waals surface area contributed by atoms with Crippen molar-refractivity contribution in [2.45, 2.75) is 32.7 Å². The Kier molecular flexibility index (Phi) is 6.29. The minimum Gasteiger partial charge on any atom is -0.353 e. The molecule has 1 saturated heterocycles. The number of carbonyl (C=O) groups excluding carboxylic acids is 2. The molecule has 148 valence electrons. The SMILES string of the molecule is CC(NC(=O)c1ccc(C(C)C)cc1)C(=O)N1CCN(c2ccccn2)CC1. The molecule has 0 spiro atoms. The van der Waals surface area contributed by atoms with Gasteiger partial charge < -0.3 is 15.1 Å². The molecule has 0 radical (unpaired) electrons. The maximum atomic E-state index is 12.7. The average molecular weight is 380 g/mol. The lowest BCUT2D eigenvalue weighted by Crippen LogP contribution is -2.54. The quantitative estimate of drug-likeness (QED) is 0.866. The van der Waals surface area contributed by atoms with Crippen LogP contribution in [0.5, 0.6) is 0 Å². The van der Waals surface area contributed by atoms with E-state index in [9.17, 15) is 9.59 Å². The second-order valence-corrected chi connectivity index (χ2v) is 7.47. The molecule has 1 N–H and O–H groups in total. The van der Waals surface area contributed by atoms with Gasteiger partial charge in [0.15, 0.2) is 0 Å². The lowest BCUT2D eigenvalue weighted by Gasteiger charge is -2.36. The molecule has 3 rings (SSSR count). The Hall–Kier alpha value is -2.89. The third-order valence-corrected chi connectivity index (χ3v) is 5.12. The smallest absolute Gasteiger partial charge is 0.251 e. The highest BCUT2D eigenvalue weighted by Gasteiger charge is 2.26. The number of anilines is 1. The van der Waals surface area contributed by atoms with Gasteiger partial charge in [-0.05, 0) is 42.7 Å². The first-order chi connectivity index (χ1) is 13.5. The zero-order chi connectivity index (χ0) is 20.1. The molecule has 1 aromatic carbocycles. The molecular weight excluding hydrogens is 352 g/mol. The largest absolute Gasteiger partial charge is 0.353 e. The van der Waals surface area contributed by atoms with E-state index in [0.717, 1.165) is 18.9 Å². The molecular formula is C22H28N4O2. The minimum absolute atomic E-state index is 0.0483. The Balaban J connectivity index is 1.52. The van der Waals surface area contributed by atoms with E-state index >= 15 is 0 Å². The van der Waals surface area contributed by atoms with Crippen molar-refractivity contribution in [3.05, 3.63) is 59.8 Å². The Bertz CT molecular complexity index is 797. The highest BCUT2D eigenvalue weighted by Crippen LogP contribution is 2.15. The molecule has 0 bridgehead atoms. The minimum atomic E-state index is -0.557. The van der Waals surface area contributed by atoms with E-state index < -0.39 is 6.04 Å². The van der Waals surface area contributed by atoms with Crippen molar-refractivity contribution >= 4 is 17.6 Å². The molecule has 1 aliphatic heterocycles. The first-order valence-electron chi connectivity index (χ1n) is 9.81. The van der Waals surface area contributed by atoms with Crippen molar-refractivity contribution in [3.63, 3.8) is 0 Å². The number of carbonyl (C=O) groups is 2. The van der Waals surface area contributed by atoms with Crippen LogP contribution in [0.3, 0.4) is 0 Å². The van der Waals surface area contributed by atoms with Crippen molar-refractivity contribution in [1.82, 2.24) is 15.2 Å². The Labute approximate surface area is 166 Å². The summed E-state index contributed by atoms with van der Waals surface area (Å²) in [6, 6.07) is 12.8. The van der Waals surface area contributed by atoms with Crippen molar-refractivity contribution < 1.29 is 9.59 Å². The number of hydrogen-bond donors (Lipinski definition) is 1. The normalized spacial score (nSPS) is 15.4. The molecule has 0 aliphatic carbocycles. The zero-order valence-electron chi connectivity index (χ0n) is 16.8. The van der Waals surface area contributed by atoms with Crippen LogP contribution in [0.2, 0.25) is 0 Å². The lowest BCUT2D eigenvalue weighted by molar-refractivity contribution is -0.133. The first kappa shape index (κ1) is 19.9. The van der Waals surface area contributed by atoms with Crippen LogP contribution in [0, 0.1) is 0 Å². The summed E-state index contributed by atoms with van der Waals surface area (Å²) in [6.07, 6.45) is 1.78. The zero-order valence-corrected chi connectivity index (χ0v) is 16.8. The molecule has 1 aromatic heterocycles. The number of piperazine rings is 1. The maximum absolute atomic E-state index is 12.7. The second-order valence-electron chi connectivity index (χ2n) is 7.47. The van der Waals surface area contributed by atoms with Crippen LogP contribution < -0.4 is 10.2 Å². The van der Waals surface area contributed by atoms with Crippen LogP contribution in [0.25, 0.3) is 0 Å². The van der Waals surface area contributed by atoms with E-state index in [1.165, 1.54) is 5.56 Å². The summed E-state index contributed by atoms with van der Waals surface area (Å²) in [5, 5.41) is 2.83. The number of nitrogens with one attached hydrogen (secondary N) is 1. The third-order valence-electron chi connectivity index (χ3n) is 5.12. The number of pyridine rings is 1. The van der Waals surface area contributed by atoms with Gasteiger partial charge in [0.2, 0.25) is 5.91 Å². The van der Waals surface area contributed by atoms with Gasteiger partial charge in [-0.2, -0.15) is 0 Å². The summed E-state index contributed by atoms with van der Waals surface area (Å²) >= 11 is 0. The molecule has 1 unspecified atom stereocenters. The van der Waals surface area contributed by atoms with Crippen LogP contribution in [0.1, 0.15) is 42.6 Å². The van der Waals surface area contributed by atoms with Crippen molar-refractivity contribution in [2.24, 2.45) is 0 Å². The van der Waals surface area contributed by atoms with E-state index in [4.69, 9.17) is 0 Å². The van der Waals surface area contributed by atoms with E-state index in [1.807, 2.05) is 47.4 Å². The van der Waals surface area contributed by atoms with Crippen LogP contribution in [0.15, 0.2) is 48.7 Å². The van der Waals surface area contributed by atoms with Crippen molar-refractivity contribution in [2.75, 3.05) is 31.1 Å². The fourth-order valence-corrected chi connectivity index (χ4v) is 3.33. The summed E-state index contributed by atoms with van der Waals surface area (Å²) in [6.45, 7) is 8.69. The summed E-state index contributed by atoms with van der Waals surface area (Å²) in [4.78, 5) is 33.5. The van der Waals surface area contributed by atoms with E-state index in [2.05, 4.69) is 29.0 Å². The highest BCUT2D eigenvalue weighted by atomic mass is 16.2. The second kappa shape index (κ2) is 8.87. The molecule has 2 aromatic rings. The number of nitrogens with zero attached hydrogens (tertiary/aromatic N) is 3. The van der Waals surface area contributed by atoms with Gasteiger partial charge in [0.25, 0.3) is 5.91 Å². The molecule has 28 heavy (non-hydrogen) atoms. The Morgan fingerprint density at radius 3 is 2.21 bits per heavy atom. The van der Waals surface area contributed by atoms with Gasteiger partial charge in [-0.15, -0.1) is 0 Å². The van der Waals surface area contributed by atoms with Gasteiger partial charge >= 0.3 is 0 Å². The molecule has 1 atom stereocenters. The number of benzene rings is 1. The van der Waals surface area contributed by atoms with Gasteiger partial charge in [0.05, 0.1) is 0 Å². The summed E-state index contributed by atoms with van der Waals surface area (Å²) in [5.74, 6) is 1.08.